The van der Waals surface area contributed by atoms with Crippen LogP contribution in [0.3, 0.4) is 0 Å². The molecule has 0 aliphatic rings. The number of aromatic nitrogens is 1. The molecule has 0 spiro atoms. The van der Waals surface area contributed by atoms with Crippen LogP contribution in [-0.4, -0.2) is 13.2 Å². The van der Waals surface area contributed by atoms with Crippen molar-refractivity contribution in [2.75, 3.05) is 0 Å². The minimum Gasteiger partial charge on any atom is -0.393 e. The van der Waals surface area contributed by atoms with Crippen LogP contribution >= 0.6 is 11.3 Å². The molecule has 2 heterocycles. The average molecular weight is 426 g/mol. The number of thiophene rings is 1. The van der Waals surface area contributed by atoms with Gasteiger partial charge < -0.3 is 4.51 Å². The van der Waals surface area contributed by atoms with Crippen molar-refractivity contribution in [3.05, 3.63) is 70.9 Å². The summed E-state index contributed by atoms with van der Waals surface area (Å²) >= 11 is 1.58. The largest absolute Gasteiger partial charge is 0.589 e. The predicted molar refractivity (Wildman–Crippen MR) is 129 cm³/mol. The number of nitrogens with zero attached hydrogens (tertiary/aromatic N) is 3. The Morgan fingerprint density at radius 1 is 1.13 bits per heavy atom. The highest BCUT2D eigenvalue weighted by atomic mass is 32.1. The number of benzene rings is 2. The molecule has 0 fully saturated rings. The maximum absolute atomic E-state index is 9.71. The summed E-state index contributed by atoms with van der Waals surface area (Å²) in [4.78, 5) is 4.76. The number of rotatable bonds is 2. The third-order valence-electron chi connectivity index (χ3n) is 5.68. The molecule has 4 aromatic rings. The molecular formula is C25H23N3SSi. The zero-order chi connectivity index (χ0) is 21.7. The predicted octanol–water partition coefficient (Wildman–Crippen LogP) is 6.49. The van der Waals surface area contributed by atoms with Crippen LogP contribution in [0.25, 0.3) is 36.6 Å². The number of hydrogen-bond donors (Lipinski definition) is 0. The van der Waals surface area contributed by atoms with Crippen LogP contribution in [0.4, 0.5) is 0 Å². The van der Waals surface area contributed by atoms with Gasteiger partial charge in [0.25, 0.3) is 0 Å². The molecule has 0 aliphatic carbocycles. The molecule has 1 atom stereocenters. The summed E-state index contributed by atoms with van der Waals surface area (Å²) in [5, 5.41) is 13.3. The van der Waals surface area contributed by atoms with Gasteiger partial charge in [-0.3, -0.25) is 11.6 Å². The van der Waals surface area contributed by atoms with Gasteiger partial charge in [-0.1, -0.05) is 45.0 Å². The fourth-order valence-corrected chi connectivity index (χ4v) is 7.57. The first-order valence-corrected chi connectivity index (χ1v) is 13.2. The number of nitriles is 1. The summed E-state index contributed by atoms with van der Waals surface area (Å²) in [5.41, 5.74) is 6.70. The molecule has 4 rings (SSSR count). The van der Waals surface area contributed by atoms with E-state index in [-0.39, 0.29) is 5.41 Å². The van der Waals surface area contributed by atoms with E-state index in [4.69, 9.17) is 11.6 Å². The Balaban J connectivity index is 2.05. The molecule has 0 saturated carbocycles. The molecule has 0 saturated heterocycles. The van der Waals surface area contributed by atoms with E-state index in [9.17, 15) is 5.26 Å². The van der Waals surface area contributed by atoms with Gasteiger partial charge in [0.1, 0.15) is 5.69 Å². The van der Waals surface area contributed by atoms with Gasteiger partial charge in [-0.2, -0.15) is 5.26 Å². The zero-order valence-electron chi connectivity index (χ0n) is 17.9. The topological polar surface area (TPSA) is 41.0 Å². The summed E-state index contributed by atoms with van der Waals surface area (Å²) in [6.07, 6.45) is 1.84. The molecule has 1 unspecified atom stereocenters. The van der Waals surface area contributed by atoms with Crippen molar-refractivity contribution in [2.45, 2.75) is 39.7 Å². The van der Waals surface area contributed by atoms with Crippen molar-refractivity contribution in [3.63, 3.8) is 0 Å². The highest BCUT2D eigenvalue weighted by molar-refractivity contribution is 7.34. The summed E-state index contributed by atoms with van der Waals surface area (Å²) in [6, 6.07) is 15.0. The van der Waals surface area contributed by atoms with Gasteiger partial charge in [-0.15, -0.1) is 11.3 Å². The van der Waals surface area contributed by atoms with Crippen LogP contribution in [0, 0.1) is 24.5 Å². The van der Waals surface area contributed by atoms with E-state index < -0.39 is 8.24 Å². The molecule has 0 radical (unpaired) electrons. The standard InChI is InChI=1S/C25H23N3SSi/c1-16-19-11-12-28-22(23(19)29-24(16)30(6,15-26)27-5)18-13-17-9-7-8-10-20(17)21(14-18)25(2,3)4/h7-14H,1-4,6H3. The first kappa shape index (κ1) is 20.3. The van der Waals surface area contributed by atoms with E-state index in [2.05, 4.69) is 67.4 Å². The lowest BCUT2D eigenvalue weighted by atomic mass is 9.82. The Labute approximate surface area is 182 Å². The van der Waals surface area contributed by atoms with Gasteiger partial charge in [-0.05, 0) is 57.8 Å². The second-order valence-corrected chi connectivity index (χ2v) is 13.4. The average Bonchev–Trinajstić information content (AvgIpc) is 3.09. The summed E-state index contributed by atoms with van der Waals surface area (Å²) in [5.74, 6) is 0. The third-order valence-corrected chi connectivity index (χ3v) is 10.4. The van der Waals surface area contributed by atoms with Crippen LogP contribution in [0.1, 0.15) is 31.9 Å². The number of aryl methyl sites for hydroxylation is 1. The molecule has 0 bridgehead atoms. The molecular weight excluding hydrogens is 402 g/mol. The molecule has 148 valence electrons. The van der Waals surface area contributed by atoms with Crippen LogP contribution in [-0.2, 0) is 5.41 Å². The first-order valence-electron chi connectivity index (χ1n) is 9.91. The van der Waals surface area contributed by atoms with Crippen LogP contribution in [0.2, 0.25) is 6.55 Å². The second kappa shape index (κ2) is 7.06. The lowest BCUT2D eigenvalue weighted by Gasteiger charge is -2.22. The molecule has 2 aromatic heterocycles. The number of fused-ring (bicyclic) bond motifs is 2. The van der Waals surface area contributed by atoms with E-state index in [0.717, 1.165) is 31.4 Å². The zero-order valence-corrected chi connectivity index (χ0v) is 19.7. The Kier molecular flexibility index (Phi) is 4.77. The van der Waals surface area contributed by atoms with E-state index in [1.165, 1.54) is 16.3 Å². The van der Waals surface area contributed by atoms with Crippen molar-refractivity contribution in [1.82, 2.24) is 4.98 Å². The Morgan fingerprint density at radius 2 is 1.87 bits per heavy atom. The Bertz CT molecular complexity index is 1370. The molecule has 0 N–H and O–H groups in total. The van der Waals surface area contributed by atoms with Gasteiger partial charge in [-0.25, -0.2) is 0 Å². The highest BCUT2D eigenvalue weighted by Crippen LogP contribution is 2.38. The molecule has 30 heavy (non-hydrogen) atoms. The van der Waals surface area contributed by atoms with Gasteiger partial charge in [0, 0.05) is 18.3 Å². The van der Waals surface area contributed by atoms with Crippen molar-refractivity contribution in [3.8, 4) is 16.9 Å². The fraction of sp³-hybridized carbons (Fsp3) is 0.240. The molecule has 3 nitrogen and oxygen atoms in total. The van der Waals surface area contributed by atoms with E-state index >= 15 is 0 Å². The van der Waals surface area contributed by atoms with Crippen molar-refractivity contribution in [2.24, 2.45) is 0 Å². The van der Waals surface area contributed by atoms with Crippen molar-refractivity contribution >= 4 is 44.9 Å². The fourth-order valence-electron chi connectivity index (χ4n) is 4.01. The maximum Gasteiger partial charge on any atom is 0.589 e. The normalized spacial score (nSPS) is 13.7. The molecule has 0 aliphatic heterocycles. The molecule has 5 heteroatoms. The molecule has 0 amide bonds. The van der Waals surface area contributed by atoms with Crippen LogP contribution in [0.15, 0.2) is 48.7 Å². The minimum absolute atomic E-state index is 0.00354. The van der Waals surface area contributed by atoms with Gasteiger partial charge >= 0.3 is 8.24 Å². The summed E-state index contributed by atoms with van der Waals surface area (Å²) in [7, 11) is -2.82. The first-order chi connectivity index (χ1) is 14.2. The number of pyridine rings is 1. The molecule has 2 aromatic carbocycles. The smallest absolute Gasteiger partial charge is 0.393 e. The van der Waals surface area contributed by atoms with Crippen molar-refractivity contribution in [1.29, 1.82) is 5.26 Å². The van der Waals surface area contributed by atoms with Gasteiger partial charge in [0.05, 0.1) is 14.9 Å². The number of hydrogen-bond acceptors (Lipinski definition) is 3. The highest BCUT2D eigenvalue weighted by Gasteiger charge is 2.46. The minimum atomic E-state index is -2.82. The monoisotopic (exact) mass is 425 g/mol. The maximum atomic E-state index is 9.71. The van der Waals surface area contributed by atoms with Crippen LogP contribution in [0.5, 0.6) is 0 Å². The van der Waals surface area contributed by atoms with Crippen LogP contribution < -0.4 is 4.50 Å². The van der Waals surface area contributed by atoms with Gasteiger partial charge in [0.2, 0.25) is 0 Å². The SMILES string of the molecule is [C-]#[N+][Si](C)(C#N)c1sc2c(-c3cc(C(C)(C)C)c4ccccc4c3)nccc2c1C. The summed E-state index contributed by atoms with van der Waals surface area (Å²) < 4.78 is 5.79. The van der Waals surface area contributed by atoms with Gasteiger partial charge in [0.15, 0.2) is 0 Å². The lowest BCUT2D eigenvalue weighted by Crippen LogP contribution is -2.39. The van der Waals surface area contributed by atoms with E-state index in [1.807, 2.05) is 25.7 Å². The third kappa shape index (κ3) is 3.12. The quantitative estimate of drug-likeness (QED) is 0.272. The van der Waals surface area contributed by atoms with Crippen molar-refractivity contribution < 1.29 is 0 Å². The summed E-state index contributed by atoms with van der Waals surface area (Å²) in [6.45, 7) is 18.2. The Hall–Kier alpha value is -2.99. The van der Waals surface area contributed by atoms with E-state index in [0.29, 0.717) is 0 Å². The lowest BCUT2D eigenvalue weighted by molar-refractivity contribution is 0.596. The Morgan fingerprint density at radius 3 is 2.53 bits per heavy atom. The second-order valence-electron chi connectivity index (χ2n) is 8.88. The van der Waals surface area contributed by atoms with E-state index in [1.54, 1.807) is 11.3 Å².